The lowest BCUT2D eigenvalue weighted by molar-refractivity contribution is 0.0925. The van der Waals surface area contributed by atoms with E-state index in [4.69, 9.17) is 0 Å². The van der Waals surface area contributed by atoms with Crippen LogP contribution in [0.25, 0.3) is 5.52 Å². The van der Waals surface area contributed by atoms with Crippen molar-refractivity contribution < 1.29 is 4.79 Å². The number of nitrogens with zero attached hydrogens (tertiary/aromatic N) is 3. The van der Waals surface area contributed by atoms with Gasteiger partial charge in [0.15, 0.2) is 0 Å². The lowest BCUT2D eigenvalue weighted by Crippen LogP contribution is -2.44. The zero-order chi connectivity index (χ0) is 14.4. The molecule has 0 spiro atoms. The van der Waals surface area contributed by atoms with Crippen LogP contribution in [0.1, 0.15) is 28.9 Å². The molecule has 21 heavy (non-hydrogen) atoms. The zero-order valence-electron chi connectivity index (χ0n) is 11.4. The van der Waals surface area contributed by atoms with E-state index in [1.54, 1.807) is 29.1 Å². The van der Waals surface area contributed by atoms with E-state index >= 15 is 0 Å². The predicted octanol–water partition coefficient (Wildman–Crippen LogP) is 0.686. The molecule has 6 heteroatoms. The van der Waals surface area contributed by atoms with Crippen LogP contribution in [0, 0.1) is 17.2 Å². The van der Waals surface area contributed by atoms with Crippen molar-refractivity contribution in [2.24, 2.45) is 5.92 Å². The third-order valence-corrected chi connectivity index (χ3v) is 4.61. The number of hydrogen-bond donors (Lipinski definition) is 2. The Morgan fingerprint density at radius 3 is 3.14 bits per heavy atom. The van der Waals surface area contributed by atoms with E-state index in [0.717, 1.165) is 24.9 Å². The minimum Gasteiger partial charge on any atom is -0.349 e. The summed E-state index contributed by atoms with van der Waals surface area (Å²) in [5.74, 6) is 0.357. The Hall–Kier alpha value is -2.39. The first kappa shape index (κ1) is 12.4. The van der Waals surface area contributed by atoms with Crippen LogP contribution in [0.15, 0.2) is 24.7 Å². The number of nitrogens with one attached hydrogen (secondary N) is 2. The Morgan fingerprint density at radius 1 is 1.52 bits per heavy atom. The van der Waals surface area contributed by atoms with Crippen molar-refractivity contribution in [3.8, 4) is 6.07 Å². The van der Waals surface area contributed by atoms with E-state index in [1.165, 1.54) is 0 Å². The molecule has 3 unspecified atom stereocenters. The number of carbonyl (C=O) groups is 1. The van der Waals surface area contributed by atoms with Crippen LogP contribution in [-0.2, 0) is 0 Å². The minimum absolute atomic E-state index is 0.159. The summed E-state index contributed by atoms with van der Waals surface area (Å²) in [6, 6.07) is 6.40. The molecule has 1 saturated carbocycles. The van der Waals surface area contributed by atoms with E-state index in [-0.39, 0.29) is 11.9 Å². The van der Waals surface area contributed by atoms with Gasteiger partial charge < -0.3 is 10.6 Å². The van der Waals surface area contributed by atoms with E-state index in [1.807, 2.05) is 0 Å². The van der Waals surface area contributed by atoms with E-state index in [0.29, 0.717) is 23.2 Å². The molecule has 3 atom stereocenters. The average molecular weight is 281 g/mol. The van der Waals surface area contributed by atoms with Crippen molar-refractivity contribution in [1.82, 2.24) is 20.0 Å². The SMILES string of the molecule is N#Cc1c(C(=O)NC2CC3CC2CN3)cc2ccncn12. The largest absolute Gasteiger partial charge is 0.349 e. The third-order valence-electron chi connectivity index (χ3n) is 4.61. The highest BCUT2D eigenvalue weighted by atomic mass is 16.1. The van der Waals surface area contributed by atoms with Gasteiger partial charge in [-0.15, -0.1) is 0 Å². The van der Waals surface area contributed by atoms with Gasteiger partial charge in [-0.05, 0) is 30.9 Å². The number of amides is 1. The number of aromatic nitrogens is 2. The van der Waals surface area contributed by atoms with Crippen LogP contribution in [-0.4, -0.2) is 33.9 Å². The van der Waals surface area contributed by atoms with Gasteiger partial charge >= 0.3 is 0 Å². The van der Waals surface area contributed by atoms with Crippen LogP contribution in [0.2, 0.25) is 0 Å². The van der Waals surface area contributed by atoms with Crippen molar-refractivity contribution in [1.29, 1.82) is 5.26 Å². The fraction of sp³-hybridized carbons (Fsp3) is 0.400. The first-order valence-corrected chi connectivity index (χ1v) is 7.15. The molecule has 2 aliphatic rings. The van der Waals surface area contributed by atoms with Crippen LogP contribution in [0.5, 0.6) is 0 Å². The maximum atomic E-state index is 12.5. The monoisotopic (exact) mass is 281 g/mol. The second-order valence-electron chi connectivity index (χ2n) is 5.81. The Balaban J connectivity index is 1.64. The number of rotatable bonds is 2. The van der Waals surface area contributed by atoms with Crippen molar-refractivity contribution in [2.45, 2.75) is 24.9 Å². The molecule has 2 bridgehead atoms. The first-order chi connectivity index (χ1) is 10.3. The summed E-state index contributed by atoms with van der Waals surface area (Å²) >= 11 is 0. The quantitative estimate of drug-likeness (QED) is 0.848. The summed E-state index contributed by atoms with van der Waals surface area (Å²) in [7, 11) is 0. The fourth-order valence-corrected chi connectivity index (χ4v) is 3.57. The average Bonchev–Trinajstić information content (AvgIpc) is 3.19. The molecule has 1 saturated heterocycles. The number of nitriles is 1. The van der Waals surface area contributed by atoms with E-state index < -0.39 is 0 Å². The highest BCUT2D eigenvalue weighted by molar-refractivity contribution is 5.98. The van der Waals surface area contributed by atoms with Crippen molar-refractivity contribution in [2.75, 3.05) is 6.54 Å². The third kappa shape index (κ3) is 1.89. The smallest absolute Gasteiger partial charge is 0.254 e. The summed E-state index contributed by atoms with van der Waals surface area (Å²) in [5.41, 5.74) is 1.58. The molecule has 3 heterocycles. The van der Waals surface area contributed by atoms with Crippen molar-refractivity contribution >= 4 is 11.4 Å². The van der Waals surface area contributed by atoms with Gasteiger partial charge in [0.25, 0.3) is 5.91 Å². The van der Waals surface area contributed by atoms with Crippen LogP contribution < -0.4 is 10.6 Å². The second kappa shape index (κ2) is 4.57. The van der Waals surface area contributed by atoms with E-state index in [2.05, 4.69) is 21.7 Å². The summed E-state index contributed by atoms with van der Waals surface area (Å²) < 4.78 is 1.65. The molecule has 2 aromatic heterocycles. The van der Waals surface area contributed by atoms with Crippen LogP contribution in [0.4, 0.5) is 0 Å². The van der Waals surface area contributed by atoms with Gasteiger partial charge in [-0.2, -0.15) is 5.26 Å². The maximum Gasteiger partial charge on any atom is 0.254 e. The van der Waals surface area contributed by atoms with Crippen LogP contribution >= 0.6 is 0 Å². The molecule has 1 amide bonds. The molecule has 2 aromatic rings. The Bertz CT molecular complexity index is 759. The predicted molar refractivity (Wildman–Crippen MR) is 75.7 cm³/mol. The molecule has 0 radical (unpaired) electrons. The normalized spacial score (nSPS) is 26.9. The number of carbonyl (C=O) groups excluding carboxylic acids is 1. The Morgan fingerprint density at radius 2 is 2.43 bits per heavy atom. The maximum absolute atomic E-state index is 12.5. The standard InChI is InChI=1S/C15H15N5O/c16-6-14-12(5-11-1-2-17-8-20(11)14)15(21)19-13-4-10-3-9(13)7-18-10/h1-2,5,8-10,13,18H,3-4,7H2,(H,19,21). The lowest BCUT2D eigenvalue weighted by atomic mass is 10.0. The topological polar surface area (TPSA) is 82.2 Å². The van der Waals surface area contributed by atoms with Gasteiger partial charge in [0.2, 0.25) is 0 Å². The minimum atomic E-state index is -0.159. The molecular weight excluding hydrogens is 266 g/mol. The van der Waals surface area contributed by atoms with Gasteiger partial charge in [-0.25, -0.2) is 4.98 Å². The molecule has 0 aromatic carbocycles. The second-order valence-corrected chi connectivity index (χ2v) is 5.81. The first-order valence-electron chi connectivity index (χ1n) is 7.15. The fourth-order valence-electron chi connectivity index (χ4n) is 3.57. The molecule has 1 aliphatic heterocycles. The summed E-state index contributed by atoms with van der Waals surface area (Å²) in [6.07, 6.45) is 5.33. The van der Waals surface area contributed by atoms with Gasteiger partial charge in [0, 0.05) is 24.8 Å². The Labute approximate surface area is 121 Å². The van der Waals surface area contributed by atoms with Crippen LogP contribution in [0.3, 0.4) is 0 Å². The molecule has 6 nitrogen and oxygen atoms in total. The molecular formula is C15H15N5O. The number of fused-ring (bicyclic) bond motifs is 3. The molecule has 2 fully saturated rings. The molecule has 1 aliphatic carbocycles. The van der Waals surface area contributed by atoms with Gasteiger partial charge in [-0.1, -0.05) is 0 Å². The molecule has 2 N–H and O–H groups in total. The lowest BCUT2D eigenvalue weighted by Gasteiger charge is -2.23. The van der Waals surface area contributed by atoms with Gasteiger partial charge in [-0.3, -0.25) is 9.20 Å². The van der Waals surface area contributed by atoms with Crippen molar-refractivity contribution in [3.05, 3.63) is 35.9 Å². The van der Waals surface area contributed by atoms with Crippen molar-refractivity contribution in [3.63, 3.8) is 0 Å². The molecule has 4 rings (SSSR count). The number of piperidine rings is 1. The van der Waals surface area contributed by atoms with Gasteiger partial charge in [0.05, 0.1) is 11.1 Å². The highest BCUT2D eigenvalue weighted by Gasteiger charge is 2.40. The Kier molecular flexibility index (Phi) is 2.69. The van der Waals surface area contributed by atoms with Gasteiger partial charge in [0.1, 0.15) is 18.1 Å². The zero-order valence-corrected chi connectivity index (χ0v) is 11.4. The summed E-state index contributed by atoms with van der Waals surface area (Å²) in [6.45, 7) is 0.975. The molecule has 106 valence electrons. The van der Waals surface area contributed by atoms with E-state index in [9.17, 15) is 10.1 Å². The summed E-state index contributed by atoms with van der Waals surface area (Å²) in [5, 5.41) is 15.9. The summed E-state index contributed by atoms with van der Waals surface area (Å²) in [4.78, 5) is 16.5. The number of hydrogen-bond acceptors (Lipinski definition) is 4. The highest BCUT2D eigenvalue weighted by Crippen LogP contribution is 2.31.